The molecule has 0 radical (unpaired) electrons. The average molecular weight is 186 g/mol. The average Bonchev–Trinajstić information content (AvgIpc) is 2.75. The highest BCUT2D eigenvalue weighted by Gasteiger charge is 2.29. The Morgan fingerprint density at radius 3 is 2.92 bits per heavy atom. The molecule has 2 rings (SSSR count). The summed E-state index contributed by atoms with van der Waals surface area (Å²) in [5.74, 6) is 3.52. The van der Waals surface area contributed by atoms with Crippen molar-refractivity contribution in [2.75, 3.05) is 31.1 Å². The van der Waals surface area contributed by atoms with Crippen molar-refractivity contribution in [1.29, 1.82) is 0 Å². The highest BCUT2D eigenvalue weighted by Crippen LogP contribution is 2.26. The van der Waals surface area contributed by atoms with E-state index in [1.807, 2.05) is 0 Å². The van der Waals surface area contributed by atoms with Gasteiger partial charge in [-0.3, -0.25) is 4.90 Å². The summed E-state index contributed by atoms with van der Waals surface area (Å²) in [6.07, 6.45) is 2.74. The van der Waals surface area contributed by atoms with Gasteiger partial charge in [-0.25, -0.2) is 0 Å². The topological polar surface area (TPSA) is 29.3 Å². The third kappa shape index (κ3) is 1.78. The van der Waals surface area contributed by atoms with Gasteiger partial charge in [0.1, 0.15) is 0 Å². The zero-order valence-corrected chi connectivity index (χ0v) is 8.35. The number of rotatable bonds is 2. The molecule has 2 atom stereocenters. The summed E-state index contributed by atoms with van der Waals surface area (Å²) in [6.45, 7) is 3.45. The first-order chi connectivity index (χ1) is 5.90. The van der Waals surface area contributed by atoms with Crippen LogP contribution in [0.3, 0.4) is 0 Å². The van der Waals surface area contributed by atoms with Crippen LogP contribution in [0.2, 0.25) is 0 Å². The monoisotopic (exact) mass is 186 g/mol. The van der Waals surface area contributed by atoms with E-state index in [-0.39, 0.29) is 0 Å². The second-order valence-corrected chi connectivity index (χ2v) is 5.05. The Bertz CT molecular complexity index is 145. The van der Waals surface area contributed by atoms with Crippen LogP contribution in [-0.4, -0.2) is 42.1 Å². The SMILES string of the molecule is NCC1CCN(C2CCSC2)C1. The van der Waals surface area contributed by atoms with Gasteiger partial charge in [-0.1, -0.05) is 0 Å². The fourth-order valence-electron chi connectivity index (χ4n) is 2.20. The molecule has 0 aliphatic carbocycles. The van der Waals surface area contributed by atoms with Gasteiger partial charge in [-0.15, -0.1) is 0 Å². The second-order valence-electron chi connectivity index (χ2n) is 3.90. The van der Waals surface area contributed by atoms with Crippen LogP contribution in [0.4, 0.5) is 0 Å². The van der Waals surface area contributed by atoms with Gasteiger partial charge >= 0.3 is 0 Å². The summed E-state index contributed by atoms with van der Waals surface area (Å²) in [7, 11) is 0. The molecule has 2 aliphatic rings. The molecule has 0 saturated carbocycles. The predicted octanol–water partition coefficient (Wildman–Crippen LogP) is 0.772. The maximum atomic E-state index is 5.66. The molecular weight excluding hydrogens is 168 g/mol. The number of nitrogens with two attached hydrogens (primary N) is 1. The van der Waals surface area contributed by atoms with Gasteiger partial charge in [0.15, 0.2) is 0 Å². The van der Waals surface area contributed by atoms with E-state index in [9.17, 15) is 0 Å². The van der Waals surface area contributed by atoms with Gasteiger partial charge < -0.3 is 5.73 Å². The van der Waals surface area contributed by atoms with Gasteiger partial charge in [-0.05, 0) is 37.6 Å². The Kier molecular flexibility index (Phi) is 2.94. The van der Waals surface area contributed by atoms with E-state index >= 15 is 0 Å². The summed E-state index contributed by atoms with van der Waals surface area (Å²) >= 11 is 2.10. The molecule has 2 fully saturated rings. The summed E-state index contributed by atoms with van der Waals surface area (Å²) in [6, 6.07) is 0.881. The largest absolute Gasteiger partial charge is 0.330 e. The van der Waals surface area contributed by atoms with Crippen molar-refractivity contribution < 1.29 is 0 Å². The van der Waals surface area contributed by atoms with Crippen LogP contribution in [0.25, 0.3) is 0 Å². The minimum Gasteiger partial charge on any atom is -0.330 e. The Morgan fingerprint density at radius 1 is 1.42 bits per heavy atom. The van der Waals surface area contributed by atoms with Gasteiger partial charge in [0.25, 0.3) is 0 Å². The van der Waals surface area contributed by atoms with Crippen LogP contribution in [0.5, 0.6) is 0 Å². The first-order valence-corrected chi connectivity index (χ1v) is 6.07. The summed E-state index contributed by atoms with van der Waals surface area (Å²) in [4.78, 5) is 2.65. The Balaban J connectivity index is 1.81. The highest BCUT2D eigenvalue weighted by molar-refractivity contribution is 7.99. The number of hydrogen-bond donors (Lipinski definition) is 1. The molecule has 0 amide bonds. The fourth-order valence-corrected chi connectivity index (χ4v) is 3.45. The molecule has 0 aromatic carbocycles. The van der Waals surface area contributed by atoms with E-state index in [1.54, 1.807) is 0 Å². The molecule has 12 heavy (non-hydrogen) atoms. The predicted molar refractivity (Wildman–Crippen MR) is 54.5 cm³/mol. The van der Waals surface area contributed by atoms with Crippen molar-refractivity contribution in [2.24, 2.45) is 11.7 Å². The molecule has 3 heteroatoms. The van der Waals surface area contributed by atoms with Gasteiger partial charge in [0.05, 0.1) is 0 Å². The molecule has 2 aliphatic heterocycles. The second kappa shape index (κ2) is 3.99. The van der Waals surface area contributed by atoms with E-state index < -0.39 is 0 Å². The normalized spacial score (nSPS) is 37.8. The molecule has 0 bridgehead atoms. The Labute approximate surface area is 78.9 Å². The number of hydrogen-bond acceptors (Lipinski definition) is 3. The minimum atomic E-state index is 0.788. The molecule has 2 saturated heterocycles. The van der Waals surface area contributed by atoms with E-state index in [0.717, 1.165) is 18.5 Å². The van der Waals surface area contributed by atoms with Crippen molar-refractivity contribution in [3.8, 4) is 0 Å². The zero-order chi connectivity index (χ0) is 8.39. The lowest BCUT2D eigenvalue weighted by atomic mass is 10.1. The smallest absolute Gasteiger partial charge is 0.0194 e. The minimum absolute atomic E-state index is 0.788. The molecule has 2 heterocycles. The van der Waals surface area contributed by atoms with Crippen LogP contribution >= 0.6 is 11.8 Å². The third-order valence-electron chi connectivity index (χ3n) is 3.07. The lowest BCUT2D eigenvalue weighted by Crippen LogP contribution is -2.33. The molecule has 70 valence electrons. The van der Waals surface area contributed by atoms with Crippen LogP contribution in [0.1, 0.15) is 12.8 Å². The number of thioether (sulfide) groups is 1. The number of nitrogens with zero attached hydrogens (tertiary/aromatic N) is 1. The van der Waals surface area contributed by atoms with E-state index in [1.165, 1.54) is 37.4 Å². The van der Waals surface area contributed by atoms with Gasteiger partial charge in [0.2, 0.25) is 0 Å². The fraction of sp³-hybridized carbons (Fsp3) is 1.00. The first-order valence-electron chi connectivity index (χ1n) is 4.92. The molecule has 2 N–H and O–H groups in total. The first kappa shape index (κ1) is 8.85. The van der Waals surface area contributed by atoms with Crippen LogP contribution in [0, 0.1) is 5.92 Å². The van der Waals surface area contributed by atoms with Crippen molar-refractivity contribution in [3.05, 3.63) is 0 Å². The lowest BCUT2D eigenvalue weighted by Gasteiger charge is -2.22. The van der Waals surface area contributed by atoms with Gasteiger partial charge in [-0.2, -0.15) is 11.8 Å². The number of likely N-dealkylation sites (tertiary alicyclic amines) is 1. The van der Waals surface area contributed by atoms with Crippen molar-refractivity contribution >= 4 is 11.8 Å². The van der Waals surface area contributed by atoms with Crippen LogP contribution < -0.4 is 5.73 Å². The van der Waals surface area contributed by atoms with Crippen LogP contribution in [0.15, 0.2) is 0 Å². The molecule has 2 nitrogen and oxygen atoms in total. The quantitative estimate of drug-likeness (QED) is 0.691. The molecule has 0 spiro atoms. The van der Waals surface area contributed by atoms with E-state index in [2.05, 4.69) is 16.7 Å². The summed E-state index contributed by atoms with van der Waals surface area (Å²) in [5, 5.41) is 0. The van der Waals surface area contributed by atoms with Crippen molar-refractivity contribution in [3.63, 3.8) is 0 Å². The molecule has 2 unspecified atom stereocenters. The molecule has 0 aromatic rings. The molecular formula is C9H18N2S. The summed E-state index contributed by atoms with van der Waals surface area (Å²) < 4.78 is 0. The summed E-state index contributed by atoms with van der Waals surface area (Å²) in [5.41, 5.74) is 5.66. The molecule has 0 aromatic heterocycles. The highest BCUT2D eigenvalue weighted by atomic mass is 32.2. The third-order valence-corrected chi connectivity index (χ3v) is 4.22. The van der Waals surface area contributed by atoms with E-state index in [0.29, 0.717) is 0 Å². The maximum absolute atomic E-state index is 5.66. The zero-order valence-electron chi connectivity index (χ0n) is 7.54. The van der Waals surface area contributed by atoms with Crippen LogP contribution in [-0.2, 0) is 0 Å². The Hall–Kier alpha value is 0.270. The van der Waals surface area contributed by atoms with Crippen molar-refractivity contribution in [1.82, 2.24) is 4.90 Å². The van der Waals surface area contributed by atoms with E-state index in [4.69, 9.17) is 5.73 Å². The lowest BCUT2D eigenvalue weighted by molar-refractivity contribution is 0.255. The van der Waals surface area contributed by atoms with Crippen molar-refractivity contribution in [2.45, 2.75) is 18.9 Å². The maximum Gasteiger partial charge on any atom is 0.0194 e. The Morgan fingerprint density at radius 2 is 2.33 bits per heavy atom. The standard InChI is InChI=1S/C9H18N2S/c10-5-8-1-3-11(6-8)9-2-4-12-7-9/h8-9H,1-7,10H2. The van der Waals surface area contributed by atoms with Gasteiger partial charge in [0, 0.05) is 18.3 Å².